The second kappa shape index (κ2) is 26.2. The highest BCUT2D eigenvalue weighted by atomic mass is 33.1. The largest absolute Gasteiger partial charge is 0.391 e. The van der Waals surface area contributed by atoms with Crippen LogP contribution < -0.4 is 48.7 Å². The van der Waals surface area contributed by atoms with Crippen LogP contribution in [0, 0.1) is 11.8 Å². The molecule has 0 radical (unpaired) electrons. The van der Waals surface area contributed by atoms with Gasteiger partial charge in [-0.25, -0.2) is 0 Å². The Hall–Kier alpha value is -5.42. The number of aliphatic hydroxyl groups excluding tert-OH is 1. The highest BCUT2D eigenvalue weighted by Gasteiger charge is 2.41. The molecule has 0 aliphatic carbocycles. The minimum Gasteiger partial charge on any atom is -0.391 e. The average Bonchev–Trinajstić information content (AvgIpc) is 3.74. The summed E-state index contributed by atoms with van der Waals surface area (Å²) in [5, 5.41) is 28.9. The summed E-state index contributed by atoms with van der Waals surface area (Å²) in [6.07, 6.45) is -1.22. The maximum Gasteiger partial charge on any atom is 0.246 e. The topological polar surface area (TPSA) is 330 Å². The molecule has 3 rings (SSSR count). The SMILES string of the molecule is CC[C@H](C)[C@@H]1NC(=O)[C@H](Cc2ccccc2)NC(=O)CC(C)(C)SSC[C@@H](C(=O)N2CCC[C@H]2C(=O)N[C@@H](CC(C)C)C(=O)NCC(N)=O)NC(=O)[C@H](CC(N)=O)NC(=O)C([C@@H](C)O)NC1=O. The van der Waals surface area contributed by atoms with Crippen molar-refractivity contribution in [3.05, 3.63) is 35.9 Å². The molecule has 0 aromatic heterocycles. The molecular weight excluding hydrogens is 909 g/mol. The predicted octanol–water partition coefficient (Wildman–Crippen LogP) is -1.36. The number of nitrogens with zero attached hydrogens (tertiary/aromatic N) is 1. The molecule has 2 aliphatic heterocycles. The number of carbonyl (C=O) groups is 10. The molecule has 2 heterocycles. The van der Waals surface area contributed by atoms with Crippen molar-refractivity contribution in [2.45, 2.75) is 147 Å². The zero-order chi connectivity index (χ0) is 50.2. The molecule has 67 heavy (non-hydrogen) atoms. The lowest BCUT2D eigenvalue weighted by Crippen LogP contribution is -2.63. The van der Waals surface area contributed by atoms with Gasteiger partial charge in [0.1, 0.15) is 42.3 Å². The highest BCUT2D eigenvalue weighted by molar-refractivity contribution is 8.77. The van der Waals surface area contributed by atoms with E-state index in [1.165, 1.54) is 22.6 Å². The van der Waals surface area contributed by atoms with Gasteiger partial charge in [-0.05, 0) is 57.4 Å². The van der Waals surface area contributed by atoms with Crippen molar-refractivity contribution in [3.8, 4) is 0 Å². The Kier molecular flexibility index (Phi) is 21.9. The van der Waals surface area contributed by atoms with E-state index in [4.69, 9.17) is 11.5 Å². The molecule has 2 aliphatic rings. The zero-order valence-corrected chi connectivity index (χ0v) is 40.8. The van der Waals surface area contributed by atoms with E-state index in [2.05, 4.69) is 37.2 Å². The number of nitrogens with one attached hydrogen (secondary N) is 7. The summed E-state index contributed by atoms with van der Waals surface area (Å²) in [4.78, 5) is 136. The van der Waals surface area contributed by atoms with Crippen molar-refractivity contribution in [2.75, 3.05) is 18.8 Å². The third-order valence-corrected chi connectivity index (χ3v) is 14.5. The smallest absolute Gasteiger partial charge is 0.246 e. The van der Waals surface area contributed by atoms with Gasteiger partial charge in [0.2, 0.25) is 59.1 Å². The Morgan fingerprint density at radius 2 is 1.48 bits per heavy atom. The van der Waals surface area contributed by atoms with E-state index < -0.39 is 131 Å². The molecule has 0 bridgehead atoms. The van der Waals surface area contributed by atoms with E-state index in [9.17, 15) is 53.1 Å². The quantitative estimate of drug-likeness (QED) is 0.0910. The summed E-state index contributed by atoms with van der Waals surface area (Å²) in [6.45, 7) is 11.5. The van der Waals surface area contributed by atoms with E-state index in [1.54, 1.807) is 58.0 Å². The lowest BCUT2D eigenvalue weighted by Gasteiger charge is -2.32. The van der Waals surface area contributed by atoms with Crippen LogP contribution in [0.1, 0.15) is 92.6 Å². The van der Waals surface area contributed by atoms with E-state index >= 15 is 0 Å². The lowest BCUT2D eigenvalue weighted by atomic mass is 9.96. The number of hydrogen-bond acceptors (Lipinski definition) is 13. The Balaban J connectivity index is 2.05. The van der Waals surface area contributed by atoms with Crippen molar-refractivity contribution in [3.63, 3.8) is 0 Å². The summed E-state index contributed by atoms with van der Waals surface area (Å²) < 4.78 is -0.852. The van der Waals surface area contributed by atoms with Gasteiger partial charge in [0, 0.05) is 29.9 Å². The average molecular weight is 977 g/mol. The molecule has 372 valence electrons. The number of amides is 10. The first-order valence-electron chi connectivity index (χ1n) is 22.4. The summed E-state index contributed by atoms with van der Waals surface area (Å²) in [7, 11) is 2.33. The van der Waals surface area contributed by atoms with Crippen LogP contribution in [0.5, 0.6) is 0 Å². The van der Waals surface area contributed by atoms with E-state index in [1.807, 2.05) is 13.8 Å². The summed E-state index contributed by atoms with van der Waals surface area (Å²) in [6, 6.07) is -0.490. The van der Waals surface area contributed by atoms with Gasteiger partial charge in [0.25, 0.3) is 0 Å². The molecular formula is C44H68N10O11S2. The van der Waals surface area contributed by atoms with E-state index in [0.717, 1.165) is 16.4 Å². The van der Waals surface area contributed by atoms with Crippen LogP contribution in [0.4, 0.5) is 0 Å². The van der Waals surface area contributed by atoms with E-state index in [-0.39, 0.29) is 43.9 Å². The zero-order valence-electron chi connectivity index (χ0n) is 39.2. The third kappa shape index (κ3) is 18.0. The fraction of sp³-hybridized carbons (Fsp3) is 0.636. The van der Waals surface area contributed by atoms with Gasteiger partial charge in [0.05, 0.1) is 19.1 Å². The van der Waals surface area contributed by atoms with Gasteiger partial charge in [-0.15, -0.1) is 0 Å². The van der Waals surface area contributed by atoms with Gasteiger partial charge in [-0.3, -0.25) is 47.9 Å². The van der Waals surface area contributed by atoms with Gasteiger partial charge >= 0.3 is 0 Å². The molecule has 2 saturated heterocycles. The number of benzene rings is 1. The van der Waals surface area contributed by atoms with Gasteiger partial charge in [-0.1, -0.05) is 86.0 Å². The van der Waals surface area contributed by atoms with Crippen LogP contribution in [-0.2, 0) is 54.4 Å². The number of rotatable bonds is 15. The van der Waals surface area contributed by atoms with Crippen LogP contribution in [0.25, 0.3) is 0 Å². The Morgan fingerprint density at radius 1 is 0.851 bits per heavy atom. The molecule has 0 saturated carbocycles. The first-order valence-corrected chi connectivity index (χ1v) is 24.7. The molecule has 9 atom stereocenters. The molecule has 2 fully saturated rings. The van der Waals surface area contributed by atoms with Crippen molar-refractivity contribution < 1.29 is 53.1 Å². The number of aliphatic hydroxyl groups is 1. The minimum atomic E-state index is -1.72. The van der Waals surface area contributed by atoms with E-state index in [0.29, 0.717) is 12.8 Å². The first kappa shape index (κ1) is 55.9. The molecule has 1 aromatic carbocycles. The second-order valence-corrected chi connectivity index (χ2v) is 21.1. The van der Waals surface area contributed by atoms with Crippen molar-refractivity contribution >= 4 is 80.7 Å². The monoisotopic (exact) mass is 976 g/mol. The van der Waals surface area contributed by atoms with Crippen molar-refractivity contribution in [1.82, 2.24) is 42.1 Å². The number of primary amides is 2. The molecule has 21 nitrogen and oxygen atoms in total. The number of hydrogen-bond donors (Lipinski definition) is 10. The molecule has 0 spiro atoms. The Morgan fingerprint density at radius 3 is 2.07 bits per heavy atom. The summed E-state index contributed by atoms with van der Waals surface area (Å²) in [5.74, 6) is -8.70. The fourth-order valence-corrected chi connectivity index (χ4v) is 10.2. The minimum absolute atomic E-state index is 0.0648. The van der Waals surface area contributed by atoms with Crippen molar-refractivity contribution in [2.24, 2.45) is 23.3 Å². The Bertz CT molecular complexity index is 1960. The van der Waals surface area contributed by atoms with Crippen molar-refractivity contribution in [1.29, 1.82) is 0 Å². The number of likely N-dealkylation sites (tertiary alicyclic amines) is 1. The second-order valence-electron chi connectivity index (χ2n) is 18.1. The highest BCUT2D eigenvalue weighted by Crippen LogP contribution is 2.39. The number of carbonyl (C=O) groups excluding carboxylic acids is 10. The molecule has 1 aromatic rings. The fourth-order valence-electron chi connectivity index (χ4n) is 7.48. The summed E-state index contributed by atoms with van der Waals surface area (Å²) >= 11 is 0. The number of nitrogens with two attached hydrogens (primary N) is 2. The first-order chi connectivity index (χ1) is 31.4. The van der Waals surface area contributed by atoms with Crippen LogP contribution in [0.3, 0.4) is 0 Å². The molecule has 10 amide bonds. The maximum atomic E-state index is 14.6. The van der Waals surface area contributed by atoms with Crippen LogP contribution >= 0.6 is 21.6 Å². The van der Waals surface area contributed by atoms with Gasteiger partial charge in [0.15, 0.2) is 0 Å². The summed E-state index contributed by atoms with van der Waals surface area (Å²) in [5.41, 5.74) is 11.4. The van der Waals surface area contributed by atoms with Gasteiger partial charge < -0.3 is 58.7 Å². The normalized spacial score (nSPS) is 24.9. The maximum absolute atomic E-state index is 14.6. The van der Waals surface area contributed by atoms with Gasteiger partial charge in [-0.2, -0.15) is 0 Å². The molecule has 23 heteroatoms. The molecule has 12 N–H and O–H groups in total. The lowest BCUT2D eigenvalue weighted by molar-refractivity contribution is -0.142. The molecule has 1 unspecified atom stereocenters. The Labute approximate surface area is 399 Å². The third-order valence-electron chi connectivity index (χ3n) is 11.2. The van der Waals surface area contributed by atoms with Crippen LogP contribution in [0.15, 0.2) is 30.3 Å². The predicted molar refractivity (Wildman–Crippen MR) is 252 cm³/mol. The standard InChI is InChI=1S/C44H68N10O11S2/c1-8-24(4)35-41(63)53-36(25(5)55)42(64)50-29(19-32(45)56)38(60)51-30(22-66-67-44(6,7)20-34(58)48-28(39(61)52-35)18-26-13-10-9-11-14-26)43(65)54-16-12-15-31(54)40(62)49-27(17-23(2)3)37(59)47-21-33(46)57/h9-11,13-14,23-25,27-31,35-36,55H,8,12,15-22H2,1-7H3,(H2,45,56)(H2,46,57)(H,47,59)(H,48,58)(H,49,62)(H,50,64)(H,51,60)(H,52,61)(H,53,63)/t24-,25+,27-,28-,29-,30-,31-,35-,36?/m0/s1. The van der Waals surface area contributed by atoms with Crippen LogP contribution in [0.2, 0.25) is 0 Å². The van der Waals surface area contributed by atoms with Crippen LogP contribution in [-0.4, -0.2) is 141 Å².